The van der Waals surface area contributed by atoms with E-state index in [-0.39, 0.29) is 10.8 Å². The maximum atomic E-state index is 2.53. The first-order chi connectivity index (χ1) is 17.8. The van der Waals surface area contributed by atoms with Gasteiger partial charge in [-0.25, -0.2) is 0 Å². The standard InChI is InChI=1S/C35H41N2/c1-7-24-36-29-19-15-14-18-28(29)34(3,4)31(36)20-10-9-11-21-32-35(5,6)33-27-17-13-12-16-26(27)22-23-30(33)37(32)25-8-2/h9-23H,7-8,24-25H2,1-6H3/q+1. The summed E-state index contributed by atoms with van der Waals surface area (Å²) < 4.78 is 2.53. The summed E-state index contributed by atoms with van der Waals surface area (Å²) >= 11 is 0. The minimum atomic E-state index is -0.0544. The normalized spacial score (nSPS) is 19.1. The van der Waals surface area contributed by atoms with Crippen LogP contribution in [0.3, 0.4) is 0 Å². The van der Waals surface area contributed by atoms with Crippen molar-refractivity contribution >= 4 is 27.9 Å². The largest absolute Gasteiger partial charge is 0.344 e. The molecule has 2 nitrogen and oxygen atoms in total. The van der Waals surface area contributed by atoms with Crippen LogP contribution in [0.2, 0.25) is 0 Å². The van der Waals surface area contributed by atoms with E-state index < -0.39 is 0 Å². The van der Waals surface area contributed by atoms with Gasteiger partial charge in [0.15, 0.2) is 5.71 Å². The van der Waals surface area contributed by atoms with Crippen LogP contribution in [0.5, 0.6) is 0 Å². The third-order valence-corrected chi connectivity index (χ3v) is 8.18. The van der Waals surface area contributed by atoms with E-state index in [1.54, 1.807) is 0 Å². The molecule has 0 saturated carbocycles. The van der Waals surface area contributed by atoms with Crippen molar-refractivity contribution in [3.63, 3.8) is 0 Å². The monoisotopic (exact) mass is 489 g/mol. The van der Waals surface area contributed by atoms with Crippen LogP contribution < -0.4 is 4.90 Å². The molecule has 0 bridgehead atoms. The zero-order valence-electron chi connectivity index (χ0n) is 23.4. The summed E-state index contributed by atoms with van der Waals surface area (Å²) in [5, 5.41) is 2.69. The van der Waals surface area contributed by atoms with Crippen molar-refractivity contribution in [1.29, 1.82) is 0 Å². The molecule has 5 rings (SSSR count). The number of hydrogen-bond acceptors (Lipinski definition) is 1. The smallest absolute Gasteiger partial charge is 0.210 e. The van der Waals surface area contributed by atoms with Crippen molar-refractivity contribution in [3.05, 3.63) is 108 Å². The number of rotatable bonds is 7. The Morgan fingerprint density at radius 2 is 1.54 bits per heavy atom. The molecule has 3 aromatic rings. The molecule has 0 aromatic heterocycles. The van der Waals surface area contributed by atoms with E-state index in [2.05, 4.69) is 142 Å². The van der Waals surface area contributed by atoms with Crippen LogP contribution in [0.4, 0.5) is 11.4 Å². The van der Waals surface area contributed by atoms with Crippen LogP contribution in [0, 0.1) is 0 Å². The van der Waals surface area contributed by atoms with E-state index in [0.717, 1.165) is 25.9 Å². The van der Waals surface area contributed by atoms with Gasteiger partial charge in [-0.3, -0.25) is 0 Å². The van der Waals surface area contributed by atoms with Crippen molar-refractivity contribution in [2.45, 2.75) is 65.2 Å². The Labute approximate surface area is 223 Å². The van der Waals surface area contributed by atoms with E-state index in [4.69, 9.17) is 0 Å². The lowest BCUT2D eigenvalue weighted by molar-refractivity contribution is -0.437. The highest BCUT2D eigenvalue weighted by atomic mass is 15.2. The Balaban J connectivity index is 1.47. The van der Waals surface area contributed by atoms with Gasteiger partial charge in [-0.15, -0.1) is 0 Å². The quantitative estimate of drug-likeness (QED) is 0.237. The number of fused-ring (bicyclic) bond motifs is 4. The fourth-order valence-electron chi connectivity index (χ4n) is 6.46. The fraction of sp³-hybridized carbons (Fsp3) is 0.343. The van der Waals surface area contributed by atoms with Gasteiger partial charge in [-0.05, 0) is 54.8 Å². The topological polar surface area (TPSA) is 6.25 Å². The Morgan fingerprint density at radius 3 is 2.32 bits per heavy atom. The summed E-state index contributed by atoms with van der Waals surface area (Å²) in [5.74, 6) is 0. The molecule has 0 fully saturated rings. The molecule has 190 valence electrons. The maximum Gasteiger partial charge on any atom is 0.210 e. The molecule has 0 atom stereocenters. The van der Waals surface area contributed by atoms with Crippen LogP contribution in [-0.2, 0) is 10.8 Å². The van der Waals surface area contributed by atoms with E-state index >= 15 is 0 Å². The van der Waals surface area contributed by atoms with Crippen LogP contribution in [0.25, 0.3) is 10.8 Å². The van der Waals surface area contributed by atoms with Gasteiger partial charge < -0.3 is 4.90 Å². The van der Waals surface area contributed by atoms with Crippen molar-refractivity contribution in [2.24, 2.45) is 0 Å². The van der Waals surface area contributed by atoms with Crippen molar-refractivity contribution in [2.75, 3.05) is 18.0 Å². The Bertz CT molecular complexity index is 1450. The first kappa shape index (κ1) is 25.3. The lowest BCUT2D eigenvalue weighted by Crippen LogP contribution is -2.28. The third-order valence-electron chi connectivity index (χ3n) is 8.18. The van der Waals surface area contributed by atoms with Crippen LogP contribution in [-0.4, -0.2) is 23.4 Å². The summed E-state index contributed by atoms with van der Waals surface area (Å²) in [7, 11) is 0. The molecule has 0 unspecified atom stereocenters. The summed E-state index contributed by atoms with van der Waals surface area (Å²) in [5.41, 5.74) is 8.28. The second kappa shape index (κ2) is 9.82. The highest BCUT2D eigenvalue weighted by molar-refractivity contribution is 6.07. The minimum Gasteiger partial charge on any atom is -0.344 e. The average molecular weight is 490 g/mol. The molecule has 0 amide bonds. The van der Waals surface area contributed by atoms with E-state index in [0.29, 0.717) is 0 Å². The first-order valence-corrected chi connectivity index (χ1v) is 13.9. The van der Waals surface area contributed by atoms with E-state index in [1.165, 1.54) is 44.7 Å². The molecule has 0 N–H and O–H groups in total. The van der Waals surface area contributed by atoms with Crippen LogP contribution in [0.1, 0.15) is 65.5 Å². The van der Waals surface area contributed by atoms with Gasteiger partial charge in [-0.1, -0.05) is 88.4 Å². The molecular weight excluding hydrogens is 448 g/mol. The molecule has 3 aromatic carbocycles. The number of hydrogen-bond donors (Lipinski definition) is 0. The first-order valence-electron chi connectivity index (χ1n) is 13.9. The molecule has 2 heterocycles. The molecule has 37 heavy (non-hydrogen) atoms. The van der Waals surface area contributed by atoms with Gasteiger partial charge in [-0.2, -0.15) is 4.58 Å². The van der Waals surface area contributed by atoms with E-state index in [9.17, 15) is 0 Å². The highest BCUT2D eigenvalue weighted by Crippen LogP contribution is 2.47. The lowest BCUT2D eigenvalue weighted by Gasteiger charge is -2.26. The molecule has 2 heteroatoms. The number of allylic oxidation sites excluding steroid dienone is 6. The summed E-state index contributed by atoms with van der Waals surface area (Å²) in [6.45, 7) is 16.0. The Hall–Kier alpha value is -3.39. The summed E-state index contributed by atoms with van der Waals surface area (Å²) in [6.07, 6.45) is 13.5. The molecule has 0 spiro atoms. The maximum absolute atomic E-state index is 2.53. The zero-order chi connectivity index (χ0) is 26.2. The molecule has 2 aliphatic heterocycles. The van der Waals surface area contributed by atoms with Crippen molar-refractivity contribution in [1.82, 2.24) is 0 Å². The fourth-order valence-corrected chi connectivity index (χ4v) is 6.46. The second-order valence-corrected chi connectivity index (χ2v) is 11.4. The van der Waals surface area contributed by atoms with Gasteiger partial charge in [0, 0.05) is 47.5 Å². The third kappa shape index (κ3) is 4.17. The zero-order valence-corrected chi connectivity index (χ0v) is 23.4. The van der Waals surface area contributed by atoms with E-state index in [1.807, 2.05) is 0 Å². The predicted molar refractivity (Wildman–Crippen MR) is 161 cm³/mol. The number of anilines is 1. The lowest BCUT2D eigenvalue weighted by atomic mass is 9.79. The SMILES string of the molecule is CCCN1/C(=C/C=C/C=C/C2=[N+](CCC)c3ccc4ccccc4c3C2(C)C)C(C)(C)c2ccccc21. The predicted octanol–water partition coefficient (Wildman–Crippen LogP) is 8.83. The molecule has 2 aliphatic rings. The van der Waals surface area contributed by atoms with Crippen molar-refractivity contribution in [3.8, 4) is 0 Å². The average Bonchev–Trinajstić information content (AvgIpc) is 3.24. The van der Waals surface area contributed by atoms with Crippen LogP contribution >= 0.6 is 0 Å². The number of nitrogens with zero attached hydrogens (tertiary/aromatic N) is 2. The second-order valence-electron chi connectivity index (χ2n) is 11.4. The summed E-state index contributed by atoms with van der Waals surface area (Å²) in [6, 6.07) is 22.3. The molecule has 0 saturated heterocycles. The minimum absolute atomic E-state index is 0.00262. The summed E-state index contributed by atoms with van der Waals surface area (Å²) in [4.78, 5) is 2.50. The Kier molecular flexibility index (Phi) is 6.70. The van der Waals surface area contributed by atoms with Gasteiger partial charge in [0.2, 0.25) is 5.69 Å². The number of benzene rings is 3. The van der Waals surface area contributed by atoms with Crippen LogP contribution in [0.15, 0.2) is 96.7 Å². The molecule has 0 radical (unpaired) electrons. The molecule has 0 aliphatic carbocycles. The Morgan fingerprint density at radius 1 is 0.784 bits per heavy atom. The molecular formula is C35H41N2+. The van der Waals surface area contributed by atoms with Crippen molar-refractivity contribution < 1.29 is 4.58 Å². The van der Waals surface area contributed by atoms with Gasteiger partial charge >= 0.3 is 0 Å². The number of para-hydroxylation sites is 1. The van der Waals surface area contributed by atoms with Gasteiger partial charge in [0.1, 0.15) is 6.54 Å². The van der Waals surface area contributed by atoms with Gasteiger partial charge in [0.05, 0.1) is 5.41 Å². The van der Waals surface area contributed by atoms with Gasteiger partial charge in [0.25, 0.3) is 0 Å². The highest BCUT2D eigenvalue weighted by Gasteiger charge is 2.45.